The SMILES string of the molecule is O=C(CCN1CCS(=O)(=O)CC1)OC1CC2CC1C1C(=O)OCC21. The molecule has 0 radical (unpaired) electrons. The maximum absolute atomic E-state index is 12.1. The molecule has 2 aliphatic carbocycles. The third-order valence-electron chi connectivity index (χ3n) is 6.16. The molecule has 4 rings (SSSR count). The third kappa shape index (κ3) is 2.94. The summed E-state index contributed by atoms with van der Waals surface area (Å²) in [6.07, 6.45) is 1.92. The maximum atomic E-state index is 12.1. The fourth-order valence-electron chi connectivity index (χ4n) is 4.86. The van der Waals surface area contributed by atoms with Crippen LogP contribution in [0.4, 0.5) is 0 Å². The fraction of sp³-hybridized carbons (Fsp3) is 0.875. The van der Waals surface area contributed by atoms with Crippen molar-refractivity contribution in [2.24, 2.45) is 23.7 Å². The summed E-state index contributed by atoms with van der Waals surface area (Å²) in [5.74, 6) is 0.781. The molecule has 5 atom stereocenters. The van der Waals surface area contributed by atoms with E-state index in [-0.39, 0.29) is 47.8 Å². The van der Waals surface area contributed by atoms with Crippen molar-refractivity contribution in [3.05, 3.63) is 0 Å². The average Bonchev–Trinajstić information content (AvgIpc) is 3.19. The molecule has 0 aromatic heterocycles. The van der Waals surface area contributed by atoms with Crippen molar-refractivity contribution in [2.45, 2.75) is 25.4 Å². The molecule has 0 N–H and O–H groups in total. The lowest BCUT2D eigenvalue weighted by Crippen LogP contribution is -2.41. The number of nitrogens with zero attached hydrogens (tertiary/aromatic N) is 1. The molecule has 7 nitrogen and oxygen atoms in total. The van der Waals surface area contributed by atoms with Crippen LogP contribution in [0.1, 0.15) is 19.3 Å². The molecule has 4 fully saturated rings. The number of ether oxygens (including phenoxy) is 2. The van der Waals surface area contributed by atoms with E-state index in [2.05, 4.69) is 0 Å². The van der Waals surface area contributed by atoms with Gasteiger partial charge in [0.25, 0.3) is 0 Å². The van der Waals surface area contributed by atoms with Gasteiger partial charge in [0.15, 0.2) is 9.84 Å². The van der Waals surface area contributed by atoms with E-state index in [1.54, 1.807) is 0 Å². The molecule has 0 aromatic carbocycles. The van der Waals surface area contributed by atoms with Gasteiger partial charge < -0.3 is 14.4 Å². The largest absolute Gasteiger partial charge is 0.465 e. The highest BCUT2D eigenvalue weighted by molar-refractivity contribution is 7.91. The molecular formula is C16H23NO6S. The molecule has 0 aromatic rings. The summed E-state index contributed by atoms with van der Waals surface area (Å²) in [5.41, 5.74) is 0. The minimum absolute atomic E-state index is 0.0751. The van der Waals surface area contributed by atoms with Gasteiger partial charge in [0.1, 0.15) is 6.10 Å². The van der Waals surface area contributed by atoms with Crippen LogP contribution in [-0.2, 0) is 28.9 Å². The maximum Gasteiger partial charge on any atom is 0.309 e. The van der Waals surface area contributed by atoms with Crippen molar-refractivity contribution in [3.8, 4) is 0 Å². The van der Waals surface area contributed by atoms with Crippen LogP contribution in [0.5, 0.6) is 0 Å². The Morgan fingerprint density at radius 2 is 1.96 bits per heavy atom. The van der Waals surface area contributed by atoms with Gasteiger partial charge in [-0.05, 0) is 18.8 Å². The van der Waals surface area contributed by atoms with Crippen LogP contribution < -0.4 is 0 Å². The van der Waals surface area contributed by atoms with E-state index in [1.807, 2.05) is 4.90 Å². The van der Waals surface area contributed by atoms with Gasteiger partial charge in [-0.1, -0.05) is 0 Å². The van der Waals surface area contributed by atoms with Crippen molar-refractivity contribution in [2.75, 3.05) is 37.7 Å². The zero-order valence-corrected chi connectivity index (χ0v) is 14.4. The first-order chi connectivity index (χ1) is 11.4. The summed E-state index contributed by atoms with van der Waals surface area (Å²) in [7, 11) is -2.89. The van der Waals surface area contributed by atoms with E-state index < -0.39 is 9.84 Å². The molecular weight excluding hydrogens is 334 g/mol. The quantitative estimate of drug-likeness (QED) is 0.646. The smallest absolute Gasteiger partial charge is 0.309 e. The van der Waals surface area contributed by atoms with Gasteiger partial charge in [-0.25, -0.2) is 8.42 Å². The molecule has 2 aliphatic heterocycles. The second-order valence-electron chi connectivity index (χ2n) is 7.49. The molecule has 2 heterocycles. The number of rotatable bonds is 4. The van der Waals surface area contributed by atoms with Gasteiger partial charge in [0.05, 0.1) is 30.5 Å². The van der Waals surface area contributed by atoms with E-state index >= 15 is 0 Å². The van der Waals surface area contributed by atoms with Crippen molar-refractivity contribution >= 4 is 21.8 Å². The first-order valence-corrected chi connectivity index (χ1v) is 10.5. The minimum Gasteiger partial charge on any atom is -0.465 e. The molecule has 8 heteroatoms. The predicted octanol–water partition coefficient (Wildman–Crippen LogP) is -0.152. The van der Waals surface area contributed by atoms with Crippen molar-refractivity contribution in [1.82, 2.24) is 4.90 Å². The van der Waals surface area contributed by atoms with Crippen LogP contribution >= 0.6 is 0 Å². The highest BCUT2D eigenvalue weighted by atomic mass is 32.2. The minimum atomic E-state index is -2.89. The molecule has 0 spiro atoms. The van der Waals surface area contributed by atoms with Gasteiger partial charge in [0, 0.05) is 31.5 Å². The second-order valence-corrected chi connectivity index (χ2v) is 9.79. The highest BCUT2D eigenvalue weighted by Gasteiger charge is 2.60. The van der Waals surface area contributed by atoms with E-state index in [4.69, 9.17) is 9.47 Å². The first-order valence-electron chi connectivity index (χ1n) is 8.72. The Labute approximate surface area is 141 Å². The molecule has 134 valence electrons. The van der Waals surface area contributed by atoms with Crippen LogP contribution in [0.3, 0.4) is 0 Å². The van der Waals surface area contributed by atoms with Crippen molar-refractivity contribution in [3.63, 3.8) is 0 Å². The van der Waals surface area contributed by atoms with Gasteiger partial charge in [-0.15, -0.1) is 0 Å². The summed E-state index contributed by atoms with van der Waals surface area (Å²) in [6, 6.07) is 0. The third-order valence-corrected chi connectivity index (χ3v) is 7.77. The Morgan fingerprint density at radius 1 is 1.21 bits per heavy atom. The number of esters is 2. The van der Waals surface area contributed by atoms with Crippen molar-refractivity contribution < 1.29 is 27.5 Å². The summed E-state index contributed by atoms with van der Waals surface area (Å²) >= 11 is 0. The van der Waals surface area contributed by atoms with Crippen molar-refractivity contribution in [1.29, 1.82) is 0 Å². The fourth-order valence-corrected chi connectivity index (χ4v) is 6.14. The molecule has 4 aliphatic rings. The van der Waals surface area contributed by atoms with Gasteiger partial charge in [-0.2, -0.15) is 0 Å². The standard InChI is InChI=1S/C16H23NO6S/c18-14(1-2-17-3-5-24(20,21)6-4-17)23-13-8-10-7-11(13)15-12(10)9-22-16(15)19/h10-13,15H,1-9H2. The molecule has 2 saturated heterocycles. The Bertz CT molecular complexity index is 633. The number of carbonyl (C=O) groups excluding carboxylic acids is 2. The summed E-state index contributed by atoms with van der Waals surface area (Å²) in [5, 5.41) is 0. The Morgan fingerprint density at radius 3 is 2.71 bits per heavy atom. The normalized spacial score (nSPS) is 40.3. The second kappa shape index (κ2) is 5.98. The number of fused-ring (bicyclic) bond motifs is 5. The number of hydrogen-bond donors (Lipinski definition) is 0. The molecule has 2 saturated carbocycles. The lowest BCUT2D eigenvalue weighted by atomic mass is 9.80. The molecule has 0 amide bonds. The van der Waals surface area contributed by atoms with Gasteiger partial charge in [0.2, 0.25) is 0 Å². The summed E-state index contributed by atoms with van der Waals surface area (Å²) in [6.45, 7) is 2.03. The molecule has 5 unspecified atom stereocenters. The zero-order chi connectivity index (χ0) is 16.9. The molecule has 24 heavy (non-hydrogen) atoms. The van der Waals surface area contributed by atoms with Crippen LogP contribution in [0.25, 0.3) is 0 Å². The monoisotopic (exact) mass is 357 g/mol. The van der Waals surface area contributed by atoms with Crippen LogP contribution in [0, 0.1) is 23.7 Å². The molecule has 2 bridgehead atoms. The van der Waals surface area contributed by atoms with E-state index in [0.29, 0.717) is 38.1 Å². The lowest BCUT2D eigenvalue weighted by molar-refractivity contribution is -0.156. The number of carbonyl (C=O) groups is 2. The Balaban J connectivity index is 1.25. The van der Waals surface area contributed by atoms with Crippen LogP contribution in [0.15, 0.2) is 0 Å². The number of sulfone groups is 1. The van der Waals surface area contributed by atoms with E-state index in [9.17, 15) is 18.0 Å². The van der Waals surface area contributed by atoms with E-state index in [0.717, 1.165) is 12.8 Å². The van der Waals surface area contributed by atoms with Crippen LogP contribution in [-0.4, -0.2) is 69.1 Å². The van der Waals surface area contributed by atoms with Gasteiger partial charge in [-0.3, -0.25) is 9.59 Å². The Kier molecular flexibility index (Phi) is 4.07. The Hall–Kier alpha value is -1.15. The first kappa shape index (κ1) is 16.3. The zero-order valence-electron chi connectivity index (χ0n) is 13.6. The predicted molar refractivity (Wildman–Crippen MR) is 83.7 cm³/mol. The number of cyclic esters (lactones) is 1. The number of hydrogen-bond acceptors (Lipinski definition) is 7. The summed E-state index contributed by atoms with van der Waals surface area (Å²) < 4.78 is 33.6. The van der Waals surface area contributed by atoms with E-state index in [1.165, 1.54) is 0 Å². The summed E-state index contributed by atoms with van der Waals surface area (Å²) in [4.78, 5) is 26.0. The average molecular weight is 357 g/mol. The van der Waals surface area contributed by atoms with Gasteiger partial charge >= 0.3 is 11.9 Å². The lowest BCUT2D eigenvalue weighted by Gasteiger charge is -2.29. The topological polar surface area (TPSA) is 90.0 Å². The van der Waals surface area contributed by atoms with Crippen LogP contribution in [0.2, 0.25) is 0 Å². The highest BCUT2D eigenvalue weighted by Crippen LogP contribution is 2.56.